The summed E-state index contributed by atoms with van der Waals surface area (Å²) in [5.41, 5.74) is 1.98. The maximum absolute atomic E-state index is 13.3. The first-order chi connectivity index (χ1) is 12.6. The van der Waals surface area contributed by atoms with Gasteiger partial charge in [0.1, 0.15) is 16.3 Å². The molecule has 0 spiro atoms. The predicted octanol–water partition coefficient (Wildman–Crippen LogP) is 4.38. The fourth-order valence-corrected chi connectivity index (χ4v) is 4.04. The highest BCUT2D eigenvalue weighted by atomic mass is 32.2. The van der Waals surface area contributed by atoms with Crippen molar-refractivity contribution in [3.63, 3.8) is 0 Å². The van der Waals surface area contributed by atoms with Crippen LogP contribution in [0.5, 0.6) is 0 Å². The average molecular weight is 389 g/mol. The van der Waals surface area contributed by atoms with E-state index in [0.717, 1.165) is 24.0 Å². The number of pyridine rings is 1. The third-order valence-corrected chi connectivity index (χ3v) is 6.68. The highest BCUT2D eigenvalue weighted by Gasteiger charge is 2.48. The summed E-state index contributed by atoms with van der Waals surface area (Å²) in [5.74, 6) is 0.0161. The molecule has 2 atom stereocenters. The number of nitrogens with zero attached hydrogens (tertiary/aromatic N) is 1. The molecular weight excluding hydrogens is 363 g/mol. The molecule has 1 aromatic heterocycles. The third-order valence-electron chi connectivity index (χ3n) is 4.96. The minimum Gasteiger partial charge on any atom is -0.598 e. The van der Waals surface area contributed by atoms with Crippen LogP contribution in [0.2, 0.25) is 0 Å². The molecule has 1 aliphatic carbocycles. The number of carbonyl (C=O) groups is 1. The molecular formula is C21H25FN2O2S. The molecule has 6 heteroatoms. The van der Waals surface area contributed by atoms with Crippen molar-refractivity contribution in [2.24, 2.45) is 5.92 Å². The molecule has 27 heavy (non-hydrogen) atoms. The van der Waals surface area contributed by atoms with E-state index in [9.17, 15) is 13.7 Å². The first kappa shape index (κ1) is 20.0. The van der Waals surface area contributed by atoms with Crippen LogP contribution in [0.15, 0.2) is 36.4 Å². The summed E-state index contributed by atoms with van der Waals surface area (Å²) in [4.78, 5) is 15.9. The van der Waals surface area contributed by atoms with Gasteiger partial charge in [-0.15, -0.1) is 4.72 Å². The Hall–Kier alpha value is -1.76. The molecule has 0 aliphatic heterocycles. The number of hydrogen-bond donors (Lipinski definition) is 1. The Balaban J connectivity index is 2.06. The molecule has 0 bridgehead atoms. The van der Waals surface area contributed by atoms with E-state index in [1.165, 1.54) is 12.1 Å². The van der Waals surface area contributed by atoms with Crippen LogP contribution in [0.4, 0.5) is 4.39 Å². The monoisotopic (exact) mass is 388 g/mol. The molecule has 144 valence electrons. The molecule has 1 aromatic carbocycles. The third kappa shape index (κ3) is 4.39. The van der Waals surface area contributed by atoms with Gasteiger partial charge in [-0.3, -0.25) is 4.79 Å². The standard InChI is InChI=1S/C21H25FN2O2S/c1-20(2,3)27(26)24-21(4,15-7-8-15)16-11-18(13-25)23-19(12-16)14-5-9-17(22)10-6-14/h5-6,9-13,15,24H,7-8H2,1-4H3. The first-order valence-electron chi connectivity index (χ1n) is 9.07. The van der Waals surface area contributed by atoms with Gasteiger partial charge in [-0.25, -0.2) is 9.37 Å². The number of carbonyl (C=O) groups excluding carboxylic acids is 1. The Morgan fingerprint density at radius 3 is 2.33 bits per heavy atom. The van der Waals surface area contributed by atoms with Gasteiger partial charge in [0, 0.05) is 16.9 Å². The fraction of sp³-hybridized carbons (Fsp3) is 0.429. The van der Waals surface area contributed by atoms with E-state index < -0.39 is 21.6 Å². The Labute approximate surface area is 162 Å². The van der Waals surface area contributed by atoms with Gasteiger partial charge < -0.3 is 4.55 Å². The molecule has 0 saturated heterocycles. The van der Waals surface area contributed by atoms with Crippen molar-refractivity contribution in [3.8, 4) is 11.3 Å². The minimum absolute atomic E-state index is 0.307. The Bertz CT molecular complexity index is 831. The quantitative estimate of drug-likeness (QED) is 0.589. The fourth-order valence-electron chi connectivity index (χ4n) is 3.06. The normalized spacial score (nSPS) is 18.0. The van der Waals surface area contributed by atoms with Crippen molar-refractivity contribution >= 4 is 17.6 Å². The summed E-state index contributed by atoms with van der Waals surface area (Å²) in [5, 5.41) is 0. The van der Waals surface area contributed by atoms with E-state index in [1.54, 1.807) is 18.2 Å². The van der Waals surface area contributed by atoms with E-state index in [2.05, 4.69) is 9.71 Å². The lowest BCUT2D eigenvalue weighted by molar-refractivity contribution is 0.111. The highest BCUT2D eigenvalue weighted by molar-refractivity contribution is 7.90. The Morgan fingerprint density at radius 1 is 1.19 bits per heavy atom. The second-order valence-electron chi connectivity index (χ2n) is 8.25. The van der Waals surface area contributed by atoms with Crippen molar-refractivity contribution < 1.29 is 13.7 Å². The second kappa shape index (κ2) is 7.34. The van der Waals surface area contributed by atoms with Crippen molar-refractivity contribution in [2.75, 3.05) is 0 Å². The van der Waals surface area contributed by atoms with Crippen LogP contribution in [0.3, 0.4) is 0 Å². The van der Waals surface area contributed by atoms with Crippen molar-refractivity contribution in [1.29, 1.82) is 0 Å². The number of nitrogens with one attached hydrogen (secondary N) is 1. The number of aromatic nitrogens is 1. The lowest BCUT2D eigenvalue weighted by Crippen LogP contribution is -2.51. The number of halogens is 1. The van der Waals surface area contributed by atoms with E-state index in [4.69, 9.17) is 0 Å². The molecule has 0 radical (unpaired) electrons. The molecule has 1 saturated carbocycles. The lowest BCUT2D eigenvalue weighted by Gasteiger charge is -2.35. The smallest absolute Gasteiger partial charge is 0.168 e. The van der Waals surface area contributed by atoms with E-state index >= 15 is 0 Å². The Kier molecular flexibility index (Phi) is 5.43. The van der Waals surface area contributed by atoms with Gasteiger partial charge in [0.25, 0.3) is 0 Å². The Morgan fingerprint density at radius 2 is 1.81 bits per heavy atom. The van der Waals surface area contributed by atoms with E-state index in [-0.39, 0.29) is 5.82 Å². The molecule has 3 rings (SSSR count). The molecule has 1 N–H and O–H groups in total. The zero-order valence-electron chi connectivity index (χ0n) is 16.1. The minimum atomic E-state index is -1.26. The lowest BCUT2D eigenvalue weighted by atomic mass is 9.87. The summed E-state index contributed by atoms with van der Waals surface area (Å²) < 4.78 is 29.0. The van der Waals surface area contributed by atoms with Crippen LogP contribution in [0.1, 0.15) is 56.6 Å². The van der Waals surface area contributed by atoms with Crippen LogP contribution >= 0.6 is 0 Å². The number of benzene rings is 1. The van der Waals surface area contributed by atoms with E-state index in [1.807, 2.05) is 33.8 Å². The van der Waals surface area contributed by atoms with Crippen molar-refractivity contribution in [3.05, 3.63) is 53.5 Å². The van der Waals surface area contributed by atoms with Gasteiger partial charge >= 0.3 is 0 Å². The topological polar surface area (TPSA) is 65.0 Å². The second-order valence-corrected chi connectivity index (χ2v) is 10.2. The van der Waals surface area contributed by atoms with E-state index in [0.29, 0.717) is 23.6 Å². The van der Waals surface area contributed by atoms with Gasteiger partial charge in [-0.2, -0.15) is 0 Å². The summed E-state index contributed by atoms with van der Waals surface area (Å²) in [7, 11) is 0. The molecule has 1 fully saturated rings. The van der Waals surface area contributed by atoms with Crippen LogP contribution in [-0.2, 0) is 16.9 Å². The predicted molar refractivity (Wildman–Crippen MR) is 106 cm³/mol. The highest BCUT2D eigenvalue weighted by Crippen LogP contribution is 2.47. The number of rotatable bonds is 6. The number of aldehydes is 1. The average Bonchev–Trinajstić information content (AvgIpc) is 3.46. The maximum atomic E-state index is 13.3. The first-order valence-corrected chi connectivity index (χ1v) is 10.2. The van der Waals surface area contributed by atoms with Crippen LogP contribution in [0.25, 0.3) is 11.3 Å². The van der Waals surface area contributed by atoms with Gasteiger partial charge in [-0.1, -0.05) is 0 Å². The van der Waals surface area contributed by atoms with Crippen molar-refractivity contribution in [2.45, 2.75) is 50.8 Å². The summed E-state index contributed by atoms with van der Waals surface area (Å²) in [6.07, 6.45) is 2.79. The molecule has 4 nitrogen and oxygen atoms in total. The van der Waals surface area contributed by atoms with Gasteiger partial charge in [0.05, 0.1) is 11.2 Å². The maximum Gasteiger partial charge on any atom is 0.168 e. The molecule has 1 heterocycles. The zero-order chi connectivity index (χ0) is 19.8. The number of hydrogen-bond acceptors (Lipinski definition) is 4. The largest absolute Gasteiger partial charge is 0.598 e. The summed E-state index contributed by atoms with van der Waals surface area (Å²) in [6, 6.07) is 9.70. The van der Waals surface area contributed by atoms with Gasteiger partial charge in [0.2, 0.25) is 0 Å². The zero-order valence-corrected chi connectivity index (χ0v) is 16.9. The van der Waals surface area contributed by atoms with Crippen LogP contribution < -0.4 is 4.72 Å². The molecule has 0 amide bonds. The van der Waals surface area contributed by atoms with Crippen LogP contribution in [0, 0.1) is 11.7 Å². The molecule has 2 aromatic rings. The van der Waals surface area contributed by atoms with Gasteiger partial charge in [0.15, 0.2) is 6.29 Å². The van der Waals surface area contributed by atoms with Crippen molar-refractivity contribution in [1.82, 2.24) is 9.71 Å². The SMILES string of the molecule is CC(N[S+]([O-])C(C)(C)C)(c1cc(C=O)nc(-c2ccc(F)cc2)c1)C1CC1. The van der Waals surface area contributed by atoms with Gasteiger partial charge in [-0.05, 0) is 88.4 Å². The molecule has 1 aliphatic rings. The molecule has 2 unspecified atom stereocenters. The summed E-state index contributed by atoms with van der Waals surface area (Å²) in [6.45, 7) is 7.82. The summed E-state index contributed by atoms with van der Waals surface area (Å²) >= 11 is -1.26. The van der Waals surface area contributed by atoms with Crippen LogP contribution in [-0.4, -0.2) is 20.6 Å².